The van der Waals surface area contributed by atoms with Gasteiger partial charge in [0.15, 0.2) is 0 Å². The Balaban J connectivity index is 3.29. The van der Waals surface area contributed by atoms with Gasteiger partial charge in [-0.1, -0.05) is 25.5 Å². The molecule has 0 spiro atoms. The number of unbranched alkanes of at least 4 members (excludes halogenated alkanes) is 1. The van der Waals surface area contributed by atoms with E-state index in [2.05, 4.69) is 0 Å². The summed E-state index contributed by atoms with van der Waals surface area (Å²) in [6.07, 6.45) is 1.53. The van der Waals surface area contributed by atoms with Crippen LogP contribution in [-0.2, 0) is 10.0 Å². The van der Waals surface area contributed by atoms with E-state index in [-0.39, 0.29) is 17.0 Å². The van der Waals surface area contributed by atoms with Crippen LogP contribution in [0.25, 0.3) is 0 Å². The van der Waals surface area contributed by atoms with E-state index >= 15 is 0 Å². The van der Waals surface area contributed by atoms with Crippen molar-refractivity contribution in [2.45, 2.75) is 26.7 Å². The van der Waals surface area contributed by atoms with E-state index in [9.17, 15) is 13.2 Å². The number of hydrogen-bond donors (Lipinski definition) is 1. The van der Waals surface area contributed by atoms with Crippen LogP contribution in [0.3, 0.4) is 0 Å². The first-order chi connectivity index (χ1) is 8.94. The molecule has 1 aromatic rings. The molecule has 19 heavy (non-hydrogen) atoms. The highest BCUT2D eigenvalue weighted by Gasteiger charge is 2.24. The molecule has 0 amide bonds. The topological polar surface area (TPSA) is 74.7 Å². The maximum absolute atomic E-state index is 12.1. The smallest absolute Gasteiger partial charge is 0.337 e. The number of para-hydroxylation sites is 1. The Morgan fingerprint density at radius 1 is 1.26 bits per heavy atom. The van der Waals surface area contributed by atoms with Gasteiger partial charge in [0.05, 0.1) is 17.0 Å². The third-order valence-electron chi connectivity index (χ3n) is 2.82. The molecule has 1 aromatic carbocycles. The van der Waals surface area contributed by atoms with Crippen molar-refractivity contribution in [3.63, 3.8) is 0 Å². The number of carboxylic acids is 1. The van der Waals surface area contributed by atoms with Gasteiger partial charge in [-0.15, -0.1) is 0 Å². The second-order valence-corrected chi connectivity index (χ2v) is 6.33. The van der Waals surface area contributed by atoms with E-state index < -0.39 is 16.0 Å². The minimum absolute atomic E-state index is 0.00984. The summed E-state index contributed by atoms with van der Waals surface area (Å²) in [4.78, 5) is 11.2. The fourth-order valence-corrected chi connectivity index (χ4v) is 2.92. The average molecular weight is 285 g/mol. The highest BCUT2D eigenvalue weighted by molar-refractivity contribution is 7.92. The summed E-state index contributed by atoms with van der Waals surface area (Å²) in [7, 11) is -3.47. The van der Waals surface area contributed by atoms with E-state index in [4.69, 9.17) is 5.11 Å². The predicted molar refractivity (Wildman–Crippen MR) is 75.1 cm³/mol. The number of carboxylic acid groups (broad SMARTS) is 1. The lowest BCUT2D eigenvalue weighted by Crippen LogP contribution is -2.34. The minimum Gasteiger partial charge on any atom is -0.478 e. The second kappa shape index (κ2) is 6.56. The van der Waals surface area contributed by atoms with Crippen molar-refractivity contribution in [3.05, 3.63) is 29.8 Å². The van der Waals surface area contributed by atoms with Crippen LogP contribution in [0.5, 0.6) is 0 Å². The predicted octanol–water partition coefficient (Wildman–Crippen LogP) is 2.34. The van der Waals surface area contributed by atoms with Crippen molar-refractivity contribution in [2.24, 2.45) is 0 Å². The number of aromatic carboxylic acids is 1. The summed E-state index contributed by atoms with van der Waals surface area (Å²) in [6.45, 7) is 3.81. The number of rotatable bonds is 7. The molecule has 0 radical (unpaired) electrons. The van der Waals surface area contributed by atoms with E-state index in [0.29, 0.717) is 13.0 Å². The van der Waals surface area contributed by atoms with Crippen molar-refractivity contribution in [2.75, 3.05) is 16.6 Å². The Kier molecular flexibility index (Phi) is 5.35. The van der Waals surface area contributed by atoms with Gasteiger partial charge >= 0.3 is 5.97 Å². The lowest BCUT2D eigenvalue weighted by molar-refractivity contribution is 0.0698. The standard InChI is InChI=1S/C13H19NO4S/c1-3-5-10-14(19(17,18)4-2)12-9-7-6-8-11(12)13(15)16/h6-9H,3-5,10H2,1-2H3,(H,15,16). The third-order valence-corrected chi connectivity index (χ3v) is 4.60. The van der Waals surface area contributed by atoms with Crippen molar-refractivity contribution in [1.29, 1.82) is 0 Å². The number of nitrogens with zero attached hydrogens (tertiary/aromatic N) is 1. The molecule has 0 bridgehead atoms. The summed E-state index contributed by atoms with van der Waals surface area (Å²) in [5.41, 5.74) is 0.251. The molecule has 0 aliphatic carbocycles. The average Bonchev–Trinajstić information content (AvgIpc) is 2.39. The molecule has 0 aliphatic heterocycles. The Morgan fingerprint density at radius 2 is 1.89 bits per heavy atom. The van der Waals surface area contributed by atoms with Gasteiger partial charge < -0.3 is 5.11 Å². The van der Waals surface area contributed by atoms with E-state index in [1.165, 1.54) is 16.4 Å². The van der Waals surface area contributed by atoms with Crippen LogP contribution in [-0.4, -0.2) is 31.8 Å². The number of benzene rings is 1. The van der Waals surface area contributed by atoms with Crippen LogP contribution in [0.1, 0.15) is 37.0 Å². The first-order valence-corrected chi connectivity index (χ1v) is 7.87. The Labute approximate surface area is 113 Å². The van der Waals surface area contributed by atoms with Crippen molar-refractivity contribution in [3.8, 4) is 0 Å². The summed E-state index contributed by atoms with van der Waals surface area (Å²) < 4.78 is 25.4. The van der Waals surface area contributed by atoms with Crippen LogP contribution in [0, 0.1) is 0 Å². The second-order valence-electron chi connectivity index (χ2n) is 4.15. The summed E-state index contributed by atoms with van der Waals surface area (Å²) in [5.74, 6) is -1.17. The SMILES string of the molecule is CCCCN(c1ccccc1C(=O)O)S(=O)(=O)CC. The molecule has 0 unspecified atom stereocenters. The largest absolute Gasteiger partial charge is 0.478 e. The van der Waals surface area contributed by atoms with Gasteiger partial charge in [0.1, 0.15) is 0 Å². The molecule has 5 nitrogen and oxygen atoms in total. The summed E-state index contributed by atoms with van der Waals surface area (Å²) >= 11 is 0. The molecule has 0 heterocycles. The van der Waals surface area contributed by atoms with Gasteiger partial charge in [-0.3, -0.25) is 4.31 Å². The molecule has 1 rings (SSSR count). The van der Waals surface area contributed by atoms with Crippen LogP contribution < -0.4 is 4.31 Å². The number of anilines is 1. The molecule has 0 saturated carbocycles. The zero-order valence-corrected chi connectivity index (χ0v) is 12.0. The third kappa shape index (κ3) is 3.70. The fourth-order valence-electron chi connectivity index (χ4n) is 1.74. The molecule has 0 aliphatic rings. The van der Waals surface area contributed by atoms with E-state index in [1.54, 1.807) is 19.1 Å². The molecule has 6 heteroatoms. The first-order valence-electron chi connectivity index (χ1n) is 6.26. The van der Waals surface area contributed by atoms with Gasteiger partial charge in [0.25, 0.3) is 0 Å². The summed E-state index contributed by atoms with van der Waals surface area (Å²) in [6, 6.07) is 6.18. The molecule has 106 valence electrons. The van der Waals surface area contributed by atoms with Crippen molar-refractivity contribution in [1.82, 2.24) is 0 Å². The Morgan fingerprint density at radius 3 is 2.42 bits per heavy atom. The molecule has 1 N–H and O–H groups in total. The Bertz CT molecular complexity index is 539. The molecule has 0 aromatic heterocycles. The summed E-state index contributed by atoms with van der Waals surface area (Å²) in [5, 5.41) is 9.16. The van der Waals surface area contributed by atoms with E-state index in [1.807, 2.05) is 6.92 Å². The van der Waals surface area contributed by atoms with Gasteiger partial charge in [0, 0.05) is 6.54 Å². The van der Waals surface area contributed by atoms with Crippen LogP contribution in [0.15, 0.2) is 24.3 Å². The molecular formula is C13H19NO4S. The fraction of sp³-hybridized carbons (Fsp3) is 0.462. The monoisotopic (exact) mass is 285 g/mol. The maximum atomic E-state index is 12.1. The quantitative estimate of drug-likeness (QED) is 0.834. The number of hydrogen-bond acceptors (Lipinski definition) is 3. The lowest BCUT2D eigenvalue weighted by atomic mass is 10.1. The van der Waals surface area contributed by atoms with Crippen molar-refractivity contribution >= 4 is 21.7 Å². The number of sulfonamides is 1. The Hall–Kier alpha value is -1.56. The van der Waals surface area contributed by atoms with Gasteiger partial charge in [0.2, 0.25) is 10.0 Å². The molecule has 0 fully saturated rings. The number of carbonyl (C=O) groups is 1. The molecule has 0 saturated heterocycles. The van der Waals surface area contributed by atoms with Gasteiger partial charge in [-0.2, -0.15) is 0 Å². The van der Waals surface area contributed by atoms with E-state index in [0.717, 1.165) is 6.42 Å². The van der Waals surface area contributed by atoms with Gasteiger partial charge in [-0.25, -0.2) is 13.2 Å². The zero-order chi connectivity index (χ0) is 14.5. The first kappa shape index (κ1) is 15.5. The maximum Gasteiger partial charge on any atom is 0.337 e. The van der Waals surface area contributed by atoms with Crippen LogP contribution in [0.4, 0.5) is 5.69 Å². The molecular weight excluding hydrogens is 266 g/mol. The zero-order valence-electron chi connectivity index (χ0n) is 11.2. The van der Waals surface area contributed by atoms with Crippen molar-refractivity contribution < 1.29 is 18.3 Å². The van der Waals surface area contributed by atoms with Crippen LogP contribution in [0.2, 0.25) is 0 Å². The van der Waals surface area contributed by atoms with Crippen LogP contribution >= 0.6 is 0 Å². The van der Waals surface area contributed by atoms with Gasteiger partial charge in [-0.05, 0) is 25.5 Å². The lowest BCUT2D eigenvalue weighted by Gasteiger charge is -2.25. The molecule has 0 atom stereocenters. The normalized spacial score (nSPS) is 11.3. The minimum atomic E-state index is -3.47. The highest BCUT2D eigenvalue weighted by atomic mass is 32.2. The highest BCUT2D eigenvalue weighted by Crippen LogP contribution is 2.24.